The number of rotatable bonds is 7. The monoisotopic (exact) mass is 979 g/mol. The van der Waals surface area contributed by atoms with Gasteiger partial charge in [-0.15, -0.1) is 0 Å². The summed E-state index contributed by atoms with van der Waals surface area (Å²) in [5.41, 5.74) is 17.8. The van der Waals surface area contributed by atoms with Crippen LogP contribution in [0, 0.1) is 45.3 Å². The average molecular weight is 980 g/mol. The smallest absolute Gasteiger partial charge is 0.160 e. The van der Waals surface area contributed by atoms with Gasteiger partial charge in [0, 0.05) is 66.1 Å². The Balaban J connectivity index is 0.886. The third-order valence-electron chi connectivity index (χ3n) is 14.8. The molecule has 4 heterocycles. The van der Waals surface area contributed by atoms with Gasteiger partial charge in [0.25, 0.3) is 0 Å². The highest BCUT2D eigenvalue weighted by molar-refractivity contribution is 6.14. The second-order valence-electron chi connectivity index (χ2n) is 19.1. The highest BCUT2D eigenvalue weighted by Crippen LogP contribution is 2.41. The molecule has 4 aromatic heterocycles. The van der Waals surface area contributed by atoms with Crippen LogP contribution in [-0.4, -0.2) is 23.7 Å². The number of hydrogen-bond donors (Lipinski definition) is 0. The van der Waals surface area contributed by atoms with Crippen molar-refractivity contribution in [1.82, 2.24) is 23.7 Å². The SMILES string of the molecule is N#Cc1ccc(-c2cc(-c3ccc(-c4ccc(-n5c6ccc(-n7c8ccccc8c8cc(C#N)ccc87)cc6c6cc(-n7c8ccccc8c8cc(C#N)ccc87)ccc65)cc4)cc3)nc(-c3ccc(C#N)cc3)n2)cc1. The molecule has 0 fully saturated rings. The maximum atomic E-state index is 9.87. The van der Waals surface area contributed by atoms with E-state index in [2.05, 4.69) is 171 Å². The molecule has 0 unspecified atom stereocenters. The molecule has 0 aliphatic carbocycles. The van der Waals surface area contributed by atoms with Crippen molar-refractivity contribution in [2.75, 3.05) is 0 Å². The van der Waals surface area contributed by atoms with Crippen molar-refractivity contribution in [3.63, 3.8) is 0 Å². The lowest BCUT2D eigenvalue weighted by Gasteiger charge is -2.12. The first kappa shape index (κ1) is 44.3. The van der Waals surface area contributed by atoms with Crippen molar-refractivity contribution in [3.05, 3.63) is 247 Å². The van der Waals surface area contributed by atoms with Gasteiger partial charge in [-0.25, -0.2) is 9.97 Å². The average Bonchev–Trinajstić information content (AvgIpc) is 4.29. The zero-order valence-electron chi connectivity index (χ0n) is 40.9. The van der Waals surface area contributed by atoms with E-state index in [9.17, 15) is 21.0 Å². The summed E-state index contributed by atoms with van der Waals surface area (Å²) < 4.78 is 6.93. The number of benzene rings is 10. The topological polar surface area (TPSA) is 136 Å². The van der Waals surface area contributed by atoms with E-state index in [0.29, 0.717) is 28.1 Å². The van der Waals surface area contributed by atoms with Gasteiger partial charge in [-0.2, -0.15) is 21.0 Å². The van der Waals surface area contributed by atoms with E-state index in [1.807, 2.05) is 66.7 Å². The molecule has 10 aromatic carbocycles. The molecule has 0 radical (unpaired) electrons. The summed E-state index contributed by atoms with van der Waals surface area (Å²) >= 11 is 0. The fourth-order valence-electron chi connectivity index (χ4n) is 11.1. The van der Waals surface area contributed by atoms with Crippen LogP contribution >= 0.6 is 0 Å². The van der Waals surface area contributed by atoms with E-state index < -0.39 is 0 Å². The van der Waals surface area contributed by atoms with Gasteiger partial charge < -0.3 is 13.7 Å². The molecule has 0 saturated heterocycles. The van der Waals surface area contributed by atoms with Gasteiger partial charge >= 0.3 is 0 Å². The quantitative estimate of drug-likeness (QED) is 0.156. The number of nitrogens with zero attached hydrogens (tertiary/aromatic N) is 9. The summed E-state index contributed by atoms with van der Waals surface area (Å²) in [6, 6.07) is 84.7. The lowest BCUT2D eigenvalue weighted by atomic mass is 10.0. The van der Waals surface area contributed by atoms with Crippen LogP contribution in [0.25, 0.3) is 128 Å². The van der Waals surface area contributed by atoms with Crippen LogP contribution in [0.2, 0.25) is 0 Å². The molecule has 354 valence electrons. The normalized spacial score (nSPS) is 11.3. The largest absolute Gasteiger partial charge is 0.309 e. The molecule has 0 spiro atoms. The molecule has 14 rings (SSSR count). The van der Waals surface area contributed by atoms with Crippen LogP contribution in [0.1, 0.15) is 22.3 Å². The maximum absolute atomic E-state index is 9.87. The van der Waals surface area contributed by atoms with Crippen LogP contribution in [0.5, 0.6) is 0 Å². The number of aromatic nitrogens is 5. The molecule has 0 bridgehead atoms. The zero-order chi connectivity index (χ0) is 51.7. The van der Waals surface area contributed by atoms with Crippen molar-refractivity contribution in [2.24, 2.45) is 0 Å². The molecule has 0 saturated carbocycles. The molecule has 0 aliphatic rings. The second kappa shape index (κ2) is 17.7. The molecule has 0 aliphatic heterocycles. The van der Waals surface area contributed by atoms with Gasteiger partial charge in [-0.05, 0) is 151 Å². The predicted octanol–water partition coefficient (Wildman–Crippen LogP) is 15.9. The first-order valence-electron chi connectivity index (χ1n) is 25.0. The van der Waals surface area contributed by atoms with Crippen LogP contribution in [0.4, 0.5) is 0 Å². The van der Waals surface area contributed by atoms with Crippen LogP contribution < -0.4 is 0 Å². The number of fused-ring (bicyclic) bond motifs is 9. The van der Waals surface area contributed by atoms with Gasteiger partial charge in [0.1, 0.15) is 0 Å². The number of para-hydroxylation sites is 2. The van der Waals surface area contributed by atoms with Crippen molar-refractivity contribution in [3.8, 4) is 86.4 Å². The third kappa shape index (κ3) is 7.28. The maximum Gasteiger partial charge on any atom is 0.160 e. The van der Waals surface area contributed by atoms with Crippen LogP contribution in [0.15, 0.2) is 224 Å². The molecular formula is C68H37N9. The Labute approximate surface area is 441 Å². The fraction of sp³-hybridized carbons (Fsp3) is 0. The van der Waals surface area contributed by atoms with Crippen molar-refractivity contribution >= 4 is 65.4 Å². The Morgan fingerprint density at radius 1 is 0.260 bits per heavy atom. The lowest BCUT2D eigenvalue weighted by molar-refractivity contribution is 1.16. The molecule has 77 heavy (non-hydrogen) atoms. The highest BCUT2D eigenvalue weighted by Gasteiger charge is 2.20. The first-order chi connectivity index (χ1) is 37.9. The summed E-state index contributed by atoms with van der Waals surface area (Å²) in [6.07, 6.45) is 0. The molecule has 0 amide bonds. The zero-order valence-corrected chi connectivity index (χ0v) is 40.9. The Kier molecular flexibility index (Phi) is 10.2. The van der Waals surface area contributed by atoms with Gasteiger partial charge in [0.05, 0.1) is 91.0 Å². The summed E-state index contributed by atoms with van der Waals surface area (Å²) in [5, 5.41) is 45.0. The lowest BCUT2D eigenvalue weighted by Crippen LogP contribution is -1.97. The van der Waals surface area contributed by atoms with E-state index in [-0.39, 0.29) is 0 Å². The molecule has 14 aromatic rings. The Bertz CT molecular complexity index is 4670. The van der Waals surface area contributed by atoms with Gasteiger partial charge in [-0.3, -0.25) is 0 Å². The standard InChI is InChI=1S/C68H37N9/c69-38-42-9-15-48(16-10-42)60-37-61(74-68(73-60)50-17-11-43(39-70)12-18-50)49-21-19-46(20-22-49)47-23-25-51(26-24-47)75-66-31-27-52(76-62-7-3-1-5-54(62)56-33-44(40-71)13-29-64(56)76)35-58(66)59-36-53(28-32-67(59)75)77-63-8-4-2-6-55(63)57-34-45(41-72)14-30-65(57)77/h1-37H. The second-order valence-corrected chi connectivity index (χ2v) is 19.1. The minimum Gasteiger partial charge on any atom is -0.309 e. The number of hydrogen-bond acceptors (Lipinski definition) is 6. The molecule has 9 nitrogen and oxygen atoms in total. The van der Waals surface area contributed by atoms with Gasteiger partial charge in [0.15, 0.2) is 5.82 Å². The Hall–Kier alpha value is -11.4. The molecule has 9 heteroatoms. The van der Waals surface area contributed by atoms with Gasteiger partial charge in [-0.1, -0.05) is 84.9 Å². The third-order valence-corrected chi connectivity index (χ3v) is 14.8. The summed E-state index contributed by atoms with van der Waals surface area (Å²) in [5.74, 6) is 0.534. The van der Waals surface area contributed by atoms with Crippen LogP contribution in [0.3, 0.4) is 0 Å². The van der Waals surface area contributed by atoms with E-state index >= 15 is 0 Å². The molecular weight excluding hydrogens is 943 g/mol. The molecule has 0 N–H and O–H groups in total. The van der Waals surface area contributed by atoms with Crippen molar-refractivity contribution in [2.45, 2.75) is 0 Å². The van der Waals surface area contributed by atoms with Gasteiger partial charge in [0.2, 0.25) is 0 Å². The summed E-state index contributed by atoms with van der Waals surface area (Å²) in [4.78, 5) is 9.94. The van der Waals surface area contributed by atoms with E-state index in [0.717, 1.165) is 122 Å². The molecule has 0 atom stereocenters. The highest BCUT2D eigenvalue weighted by atomic mass is 15.0. The van der Waals surface area contributed by atoms with Crippen molar-refractivity contribution in [1.29, 1.82) is 21.0 Å². The number of nitriles is 4. The predicted molar refractivity (Wildman–Crippen MR) is 306 cm³/mol. The first-order valence-corrected chi connectivity index (χ1v) is 25.0. The van der Waals surface area contributed by atoms with E-state index in [1.54, 1.807) is 24.3 Å². The van der Waals surface area contributed by atoms with E-state index in [4.69, 9.17) is 9.97 Å². The van der Waals surface area contributed by atoms with Crippen molar-refractivity contribution < 1.29 is 0 Å². The minimum absolute atomic E-state index is 0.534. The summed E-state index contributed by atoms with van der Waals surface area (Å²) in [7, 11) is 0. The summed E-state index contributed by atoms with van der Waals surface area (Å²) in [6.45, 7) is 0. The van der Waals surface area contributed by atoms with E-state index in [1.165, 1.54) is 0 Å². The Morgan fingerprint density at radius 2 is 0.584 bits per heavy atom. The fourth-order valence-corrected chi connectivity index (χ4v) is 11.1. The Morgan fingerprint density at radius 3 is 1.04 bits per heavy atom. The minimum atomic E-state index is 0.534. The van der Waals surface area contributed by atoms with Crippen LogP contribution in [-0.2, 0) is 0 Å².